The average Bonchev–Trinajstić information content (AvgIpc) is 2.18. The maximum absolute atomic E-state index is 5.80. The third-order valence-corrected chi connectivity index (χ3v) is 1.90. The number of nitrogens with one attached hydrogen (secondary N) is 1. The van der Waals surface area contributed by atoms with Gasteiger partial charge in [-0.1, -0.05) is 17.7 Å². The molecule has 78 valence electrons. The largest absolute Gasteiger partial charge is 0.492 e. The van der Waals surface area contributed by atoms with E-state index in [1.165, 1.54) is 0 Å². The second kappa shape index (κ2) is 6.65. The van der Waals surface area contributed by atoms with Gasteiger partial charge in [0.1, 0.15) is 12.4 Å². The molecule has 1 aromatic rings. The van der Waals surface area contributed by atoms with Crippen LogP contribution in [0.4, 0.5) is 0 Å². The highest BCUT2D eigenvalue weighted by atomic mass is 35.5. The summed E-state index contributed by atoms with van der Waals surface area (Å²) in [4.78, 5) is 0. The van der Waals surface area contributed by atoms with E-state index in [0.29, 0.717) is 18.2 Å². The Morgan fingerprint density at radius 1 is 1.36 bits per heavy atom. The SMILES string of the molecule is NCCNCCOc1cccc(Cl)c1. The first-order chi connectivity index (χ1) is 6.83. The van der Waals surface area contributed by atoms with Gasteiger partial charge in [-0.15, -0.1) is 0 Å². The molecule has 3 nitrogen and oxygen atoms in total. The van der Waals surface area contributed by atoms with Crippen LogP contribution in [0.15, 0.2) is 24.3 Å². The summed E-state index contributed by atoms with van der Waals surface area (Å²) in [5, 5.41) is 3.83. The number of hydrogen-bond acceptors (Lipinski definition) is 3. The first kappa shape index (κ1) is 11.3. The Morgan fingerprint density at radius 2 is 2.21 bits per heavy atom. The summed E-state index contributed by atoms with van der Waals surface area (Å²) in [7, 11) is 0. The van der Waals surface area contributed by atoms with Crippen LogP contribution in [0.1, 0.15) is 0 Å². The van der Waals surface area contributed by atoms with E-state index in [1.807, 2.05) is 18.2 Å². The van der Waals surface area contributed by atoms with E-state index in [2.05, 4.69) is 5.32 Å². The molecule has 0 aliphatic carbocycles. The standard InChI is InChI=1S/C10H15ClN2O/c11-9-2-1-3-10(8-9)14-7-6-13-5-4-12/h1-3,8,13H,4-7,12H2. The highest BCUT2D eigenvalue weighted by molar-refractivity contribution is 6.30. The molecule has 0 aliphatic rings. The fraction of sp³-hybridized carbons (Fsp3) is 0.400. The predicted octanol–water partition coefficient (Wildman–Crippen LogP) is 1.27. The molecule has 0 spiro atoms. The molecule has 0 atom stereocenters. The summed E-state index contributed by atoms with van der Waals surface area (Å²) in [5.74, 6) is 0.798. The van der Waals surface area contributed by atoms with Gasteiger partial charge in [-0.3, -0.25) is 0 Å². The van der Waals surface area contributed by atoms with Crippen LogP contribution in [0.25, 0.3) is 0 Å². The third-order valence-electron chi connectivity index (χ3n) is 1.66. The van der Waals surface area contributed by atoms with Crippen molar-refractivity contribution < 1.29 is 4.74 Å². The van der Waals surface area contributed by atoms with Crippen molar-refractivity contribution in [3.63, 3.8) is 0 Å². The molecular weight excluding hydrogens is 200 g/mol. The van der Waals surface area contributed by atoms with Crippen molar-refractivity contribution in [1.82, 2.24) is 5.32 Å². The monoisotopic (exact) mass is 214 g/mol. The lowest BCUT2D eigenvalue weighted by molar-refractivity contribution is 0.315. The number of ether oxygens (including phenoxy) is 1. The van der Waals surface area contributed by atoms with Crippen molar-refractivity contribution in [2.24, 2.45) is 5.73 Å². The molecule has 0 aliphatic heterocycles. The third kappa shape index (κ3) is 4.46. The Labute approximate surface area is 89.2 Å². The molecule has 0 unspecified atom stereocenters. The Bertz CT molecular complexity index is 268. The summed E-state index contributed by atoms with van der Waals surface area (Å²) in [6.07, 6.45) is 0. The molecule has 4 heteroatoms. The van der Waals surface area contributed by atoms with Gasteiger partial charge in [0.15, 0.2) is 0 Å². The van der Waals surface area contributed by atoms with Crippen molar-refractivity contribution in [3.8, 4) is 5.75 Å². The molecule has 0 saturated carbocycles. The molecule has 0 bridgehead atoms. The number of rotatable bonds is 6. The van der Waals surface area contributed by atoms with E-state index >= 15 is 0 Å². The van der Waals surface area contributed by atoms with Gasteiger partial charge >= 0.3 is 0 Å². The van der Waals surface area contributed by atoms with E-state index in [9.17, 15) is 0 Å². The maximum Gasteiger partial charge on any atom is 0.120 e. The summed E-state index contributed by atoms with van der Waals surface area (Å²) < 4.78 is 5.45. The average molecular weight is 215 g/mol. The summed E-state index contributed by atoms with van der Waals surface area (Å²) >= 11 is 5.80. The van der Waals surface area contributed by atoms with Gasteiger partial charge in [0.25, 0.3) is 0 Å². The molecule has 1 aromatic carbocycles. The minimum Gasteiger partial charge on any atom is -0.492 e. The number of nitrogens with two attached hydrogens (primary N) is 1. The van der Waals surface area contributed by atoms with Crippen LogP contribution in [0, 0.1) is 0 Å². The fourth-order valence-electron chi connectivity index (χ4n) is 1.02. The number of hydrogen-bond donors (Lipinski definition) is 2. The van der Waals surface area contributed by atoms with Crippen LogP contribution in [0.5, 0.6) is 5.75 Å². The van der Waals surface area contributed by atoms with Crippen LogP contribution in [0.2, 0.25) is 5.02 Å². The Kier molecular flexibility index (Phi) is 5.37. The zero-order chi connectivity index (χ0) is 10.2. The van der Waals surface area contributed by atoms with Gasteiger partial charge in [0, 0.05) is 24.7 Å². The van der Waals surface area contributed by atoms with E-state index in [4.69, 9.17) is 22.1 Å². The molecular formula is C10H15ClN2O. The highest BCUT2D eigenvalue weighted by Gasteiger charge is 1.93. The molecule has 0 aromatic heterocycles. The van der Waals surface area contributed by atoms with Crippen LogP contribution in [-0.4, -0.2) is 26.2 Å². The van der Waals surface area contributed by atoms with Crippen LogP contribution < -0.4 is 15.8 Å². The highest BCUT2D eigenvalue weighted by Crippen LogP contribution is 2.16. The predicted molar refractivity (Wildman–Crippen MR) is 58.9 cm³/mol. The molecule has 14 heavy (non-hydrogen) atoms. The van der Waals surface area contributed by atoms with Gasteiger partial charge in [-0.25, -0.2) is 0 Å². The van der Waals surface area contributed by atoms with Crippen LogP contribution in [0.3, 0.4) is 0 Å². The smallest absolute Gasteiger partial charge is 0.120 e. The molecule has 0 amide bonds. The van der Waals surface area contributed by atoms with Crippen LogP contribution in [-0.2, 0) is 0 Å². The zero-order valence-corrected chi connectivity index (χ0v) is 8.76. The molecule has 0 heterocycles. The quantitative estimate of drug-likeness (QED) is 0.702. The molecule has 3 N–H and O–H groups in total. The summed E-state index contributed by atoms with van der Waals surface area (Å²) in [6, 6.07) is 7.37. The molecule has 0 saturated heterocycles. The van der Waals surface area contributed by atoms with E-state index in [1.54, 1.807) is 6.07 Å². The lowest BCUT2D eigenvalue weighted by Gasteiger charge is -2.06. The second-order valence-electron chi connectivity index (χ2n) is 2.84. The van der Waals surface area contributed by atoms with Crippen molar-refractivity contribution >= 4 is 11.6 Å². The zero-order valence-electron chi connectivity index (χ0n) is 8.00. The van der Waals surface area contributed by atoms with Gasteiger partial charge in [-0.2, -0.15) is 0 Å². The van der Waals surface area contributed by atoms with E-state index in [-0.39, 0.29) is 0 Å². The Hall–Kier alpha value is -0.770. The Balaban J connectivity index is 2.18. The first-order valence-corrected chi connectivity index (χ1v) is 5.00. The lowest BCUT2D eigenvalue weighted by Crippen LogP contribution is -2.26. The summed E-state index contributed by atoms with van der Waals surface area (Å²) in [5.41, 5.74) is 5.32. The van der Waals surface area contributed by atoms with Gasteiger partial charge in [-0.05, 0) is 18.2 Å². The molecule has 0 fully saturated rings. The maximum atomic E-state index is 5.80. The second-order valence-corrected chi connectivity index (χ2v) is 3.28. The number of benzene rings is 1. The van der Waals surface area contributed by atoms with Crippen LogP contribution >= 0.6 is 11.6 Å². The van der Waals surface area contributed by atoms with Crippen molar-refractivity contribution in [1.29, 1.82) is 0 Å². The topological polar surface area (TPSA) is 47.3 Å². The normalized spacial score (nSPS) is 10.1. The summed E-state index contributed by atoms with van der Waals surface area (Å²) in [6.45, 7) is 2.89. The molecule has 0 radical (unpaired) electrons. The Morgan fingerprint density at radius 3 is 2.93 bits per heavy atom. The van der Waals surface area contributed by atoms with Crippen molar-refractivity contribution in [2.45, 2.75) is 0 Å². The fourth-order valence-corrected chi connectivity index (χ4v) is 1.21. The van der Waals surface area contributed by atoms with Gasteiger partial charge in [0.2, 0.25) is 0 Å². The van der Waals surface area contributed by atoms with E-state index in [0.717, 1.165) is 18.8 Å². The minimum atomic E-state index is 0.625. The lowest BCUT2D eigenvalue weighted by atomic mass is 10.3. The first-order valence-electron chi connectivity index (χ1n) is 4.62. The minimum absolute atomic E-state index is 0.625. The molecule has 1 rings (SSSR count). The van der Waals surface area contributed by atoms with E-state index < -0.39 is 0 Å². The van der Waals surface area contributed by atoms with Gasteiger partial charge in [0.05, 0.1) is 0 Å². The number of halogens is 1. The van der Waals surface area contributed by atoms with Crippen molar-refractivity contribution in [3.05, 3.63) is 29.3 Å². The van der Waals surface area contributed by atoms with Gasteiger partial charge < -0.3 is 15.8 Å². The van der Waals surface area contributed by atoms with Crippen molar-refractivity contribution in [2.75, 3.05) is 26.2 Å².